The van der Waals surface area contributed by atoms with Gasteiger partial charge in [-0.1, -0.05) is 0 Å². The highest BCUT2D eigenvalue weighted by Crippen LogP contribution is 2.43. The van der Waals surface area contributed by atoms with Crippen LogP contribution < -0.4 is 20.7 Å². The lowest BCUT2D eigenvalue weighted by Gasteiger charge is -2.38. The number of halogens is 3. The molecular weight excluding hydrogens is 703 g/mol. The van der Waals surface area contributed by atoms with Gasteiger partial charge in [0.05, 0.1) is 30.3 Å². The van der Waals surface area contributed by atoms with Crippen LogP contribution in [0.25, 0.3) is 10.9 Å². The summed E-state index contributed by atoms with van der Waals surface area (Å²) in [5.41, 5.74) is 0.677. The fourth-order valence-corrected chi connectivity index (χ4v) is 8.05. The predicted molar refractivity (Wildman–Crippen MR) is 200 cm³/mol. The van der Waals surface area contributed by atoms with Gasteiger partial charge in [0.1, 0.15) is 17.4 Å². The molecule has 0 unspecified atom stereocenters. The Balaban J connectivity index is 1.09. The van der Waals surface area contributed by atoms with Crippen molar-refractivity contribution >= 4 is 34.4 Å². The molecule has 12 nitrogen and oxygen atoms in total. The van der Waals surface area contributed by atoms with Crippen molar-refractivity contribution in [2.45, 2.75) is 83.0 Å². The second-order valence-electron chi connectivity index (χ2n) is 14.8. The van der Waals surface area contributed by atoms with Crippen LogP contribution >= 0.6 is 0 Å². The molecule has 0 bridgehead atoms. The van der Waals surface area contributed by atoms with Crippen molar-refractivity contribution < 1.29 is 37.3 Å². The topological polar surface area (TPSA) is 141 Å². The number of hydrogen-bond acceptors (Lipinski definition) is 9. The monoisotopic (exact) mass is 755 g/mol. The molecule has 3 heterocycles. The molecule has 54 heavy (non-hydrogen) atoms. The minimum absolute atomic E-state index is 0.0188. The Morgan fingerprint density at radius 1 is 1.00 bits per heavy atom. The zero-order valence-corrected chi connectivity index (χ0v) is 31.3. The van der Waals surface area contributed by atoms with Gasteiger partial charge in [-0.05, 0) is 113 Å². The number of alkyl halides is 3. The molecule has 2 aliphatic heterocycles. The fourth-order valence-electron chi connectivity index (χ4n) is 8.05. The van der Waals surface area contributed by atoms with Crippen LogP contribution in [-0.2, 0) is 15.7 Å². The lowest BCUT2D eigenvalue weighted by Crippen LogP contribution is -2.50. The van der Waals surface area contributed by atoms with E-state index >= 15 is 0 Å². The van der Waals surface area contributed by atoms with Crippen molar-refractivity contribution in [2.24, 2.45) is 5.92 Å². The Hall–Kier alpha value is -4.21. The third kappa shape index (κ3) is 9.90. The number of carboxylic acid groups (broad SMARTS) is 1. The highest BCUT2D eigenvalue weighted by atomic mass is 19.4. The molecule has 3 fully saturated rings. The van der Waals surface area contributed by atoms with E-state index in [4.69, 9.17) is 14.6 Å². The Morgan fingerprint density at radius 2 is 1.72 bits per heavy atom. The lowest BCUT2D eigenvalue weighted by molar-refractivity contribution is -0.139. The maximum Gasteiger partial charge on any atom is 0.416 e. The van der Waals surface area contributed by atoms with E-state index in [9.17, 15) is 22.8 Å². The molecule has 4 N–H and O–H groups in total. The largest absolute Gasteiger partial charge is 0.496 e. The molecule has 1 aromatic heterocycles. The summed E-state index contributed by atoms with van der Waals surface area (Å²) in [4.78, 5) is 38.6. The molecule has 1 atom stereocenters. The number of rotatable bonds is 12. The molecule has 15 heteroatoms. The number of fused-ring (bicyclic) bond motifs is 1. The quantitative estimate of drug-likeness (QED) is 0.146. The number of amides is 2. The summed E-state index contributed by atoms with van der Waals surface area (Å²) in [5.74, 6) is 1.95. The molecule has 2 saturated heterocycles. The summed E-state index contributed by atoms with van der Waals surface area (Å²) < 4.78 is 53.1. The molecule has 0 spiro atoms. The third-order valence-corrected chi connectivity index (χ3v) is 11.0. The third-order valence-electron chi connectivity index (χ3n) is 11.0. The number of ether oxygens (including phenoxy) is 2. The summed E-state index contributed by atoms with van der Waals surface area (Å²) in [6.45, 7) is 10.5. The van der Waals surface area contributed by atoms with Crippen LogP contribution in [0.3, 0.4) is 0 Å². The Morgan fingerprint density at radius 3 is 2.39 bits per heavy atom. The van der Waals surface area contributed by atoms with Crippen molar-refractivity contribution in [1.29, 1.82) is 0 Å². The summed E-state index contributed by atoms with van der Waals surface area (Å²) in [6.07, 6.45) is 0.577. The molecule has 1 aliphatic carbocycles. The average Bonchev–Trinajstić information content (AvgIpc) is 3.15. The van der Waals surface area contributed by atoms with Gasteiger partial charge < -0.3 is 30.1 Å². The van der Waals surface area contributed by atoms with E-state index in [2.05, 4.69) is 25.5 Å². The normalized spacial score (nSPS) is 20.8. The number of anilines is 2. The lowest BCUT2D eigenvalue weighted by atomic mass is 9.77. The van der Waals surface area contributed by atoms with Gasteiger partial charge in [-0.25, -0.2) is 14.8 Å². The van der Waals surface area contributed by atoms with Gasteiger partial charge in [-0.2, -0.15) is 13.2 Å². The van der Waals surface area contributed by atoms with E-state index in [-0.39, 0.29) is 29.0 Å². The summed E-state index contributed by atoms with van der Waals surface area (Å²) in [6, 6.07) is 6.33. The van der Waals surface area contributed by atoms with E-state index in [0.717, 1.165) is 115 Å². The maximum absolute atomic E-state index is 13.7. The number of aryl methyl sites for hydroxylation is 1. The van der Waals surface area contributed by atoms with Crippen molar-refractivity contribution in [3.63, 3.8) is 0 Å². The van der Waals surface area contributed by atoms with Gasteiger partial charge in [-0.3, -0.25) is 15.0 Å². The van der Waals surface area contributed by atoms with Crippen LogP contribution in [0.1, 0.15) is 86.3 Å². The zero-order valence-electron chi connectivity index (χ0n) is 31.3. The Kier molecular flexibility index (Phi) is 12.8. The van der Waals surface area contributed by atoms with Crippen molar-refractivity contribution in [3.8, 4) is 5.75 Å². The second-order valence-corrected chi connectivity index (χ2v) is 14.8. The number of carbonyl (C=O) groups is 2. The number of benzene rings is 2. The van der Waals surface area contributed by atoms with Crippen molar-refractivity contribution in [3.05, 3.63) is 52.8 Å². The standard InChI is InChI=1S/C39H52F3N7O5/c1-24(28-19-29(39(40,41)42)21-30(20-28)47-38(51)52)44-36-33-22-32(35(53-3)23-34(33)45-25(2)46-36)26-5-7-27(8-6-26)37(50)49-16-14-48(15-17-49)13-4-18-54-31-9-11-43-12-10-31/h19-24,26-27,31,43,47H,4-18H2,1-3H3,(H,51,52)(H,44,45,46)/t24-,26?,27?/m1/s1. The summed E-state index contributed by atoms with van der Waals surface area (Å²) >= 11 is 0. The first kappa shape index (κ1) is 39.5. The van der Waals surface area contributed by atoms with Gasteiger partial charge in [0.2, 0.25) is 5.91 Å². The zero-order chi connectivity index (χ0) is 38.4. The van der Waals surface area contributed by atoms with E-state index < -0.39 is 23.9 Å². The van der Waals surface area contributed by atoms with Crippen LogP contribution in [-0.4, -0.2) is 103 Å². The number of nitrogens with zero attached hydrogens (tertiary/aromatic N) is 4. The minimum atomic E-state index is -4.67. The predicted octanol–water partition coefficient (Wildman–Crippen LogP) is 6.81. The number of aromatic nitrogens is 2. The van der Waals surface area contributed by atoms with Gasteiger partial charge >= 0.3 is 12.3 Å². The maximum atomic E-state index is 13.7. The van der Waals surface area contributed by atoms with Crippen LogP contribution in [0.5, 0.6) is 5.75 Å². The van der Waals surface area contributed by atoms with E-state index in [1.54, 1.807) is 21.0 Å². The first-order valence-corrected chi connectivity index (χ1v) is 19.1. The molecule has 294 valence electrons. The van der Waals surface area contributed by atoms with Crippen molar-refractivity contribution in [2.75, 3.05) is 70.2 Å². The van der Waals surface area contributed by atoms with Crippen molar-refractivity contribution in [1.82, 2.24) is 25.1 Å². The SMILES string of the molecule is COc1cc2nc(C)nc(N[C@H](C)c3cc(NC(=O)O)cc(C(F)(F)F)c3)c2cc1C1CCC(C(=O)N2CCN(CCCOC3CCNCC3)CC2)CC1. The van der Waals surface area contributed by atoms with Gasteiger partial charge in [0, 0.05) is 62.4 Å². The second kappa shape index (κ2) is 17.5. The minimum Gasteiger partial charge on any atom is -0.496 e. The molecule has 0 radical (unpaired) electrons. The highest BCUT2D eigenvalue weighted by molar-refractivity contribution is 5.91. The number of methoxy groups -OCH3 is 1. The Bertz CT molecular complexity index is 1770. The van der Waals surface area contributed by atoms with Gasteiger partial charge in [-0.15, -0.1) is 0 Å². The van der Waals surface area contributed by atoms with Crippen LogP contribution in [0.4, 0.5) is 29.5 Å². The number of piperidine rings is 1. The summed E-state index contributed by atoms with van der Waals surface area (Å²) in [5, 5.41) is 18.5. The van der Waals surface area contributed by atoms with Gasteiger partial charge in [0.15, 0.2) is 0 Å². The number of carbonyl (C=O) groups excluding carboxylic acids is 1. The first-order chi connectivity index (χ1) is 25.9. The number of hydrogen-bond donors (Lipinski definition) is 4. The number of piperazine rings is 1. The molecule has 3 aliphatic rings. The molecule has 6 rings (SSSR count). The van der Waals surface area contributed by atoms with E-state index in [0.29, 0.717) is 34.4 Å². The fraction of sp³-hybridized carbons (Fsp3) is 0.590. The highest BCUT2D eigenvalue weighted by Gasteiger charge is 2.34. The smallest absolute Gasteiger partial charge is 0.416 e. The first-order valence-electron chi connectivity index (χ1n) is 19.1. The molecule has 2 amide bonds. The van der Waals surface area contributed by atoms with Crippen LogP contribution in [0, 0.1) is 12.8 Å². The Labute approximate surface area is 314 Å². The molecule has 1 saturated carbocycles. The van der Waals surface area contributed by atoms with E-state index in [1.165, 1.54) is 6.07 Å². The molecular formula is C39H52F3N7O5. The van der Waals surface area contributed by atoms with E-state index in [1.807, 2.05) is 22.3 Å². The molecule has 2 aromatic carbocycles. The average molecular weight is 756 g/mol. The molecule has 3 aromatic rings. The van der Waals surface area contributed by atoms with Crippen LogP contribution in [0.2, 0.25) is 0 Å². The summed E-state index contributed by atoms with van der Waals surface area (Å²) in [7, 11) is 1.62. The number of nitrogens with one attached hydrogen (secondary N) is 3. The van der Waals surface area contributed by atoms with Gasteiger partial charge in [0.25, 0.3) is 0 Å². The van der Waals surface area contributed by atoms with Crippen LogP contribution in [0.15, 0.2) is 30.3 Å².